The van der Waals surface area contributed by atoms with Gasteiger partial charge < -0.3 is 10.3 Å². The van der Waals surface area contributed by atoms with E-state index in [1.165, 1.54) is 17.9 Å². The molecule has 0 amide bonds. The first kappa shape index (κ1) is 11.7. The van der Waals surface area contributed by atoms with Crippen LogP contribution in [0.5, 0.6) is 0 Å². The highest BCUT2D eigenvalue weighted by Gasteiger charge is 2.13. The van der Waals surface area contributed by atoms with Gasteiger partial charge in [0.25, 0.3) is 5.56 Å². The first-order valence-electron chi connectivity index (χ1n) is 5.62. The van der Waals surface area contributed by atoms with Gasteiger partial charge in [-0.05, 0) is 19.1 Å². The molecule has 1 unspecified atom stereocenters. The van der Waals surface area contributed by atoms with Gasteiger partial charge in [0.05, 0.1) is 0 Å². The topological polar surface area (TPSA) is 57.8 Å². The Morgan fingerprint density at radius 3 is 3.25 bits per heavy atom. The molecular formula is C11H17N3OS. The second-order valence-electron chi connectivity index (χ2n) is 4.09. The third kappa shape index (κ3) is 3.35. The van der Waals surface area contributed by atoms with Crippen LogP contribution in [0.3, 0.4) is 0 Å². The van der Waals surface area contributed by atoms with Crippen molar-refractivity contribution in [3.8, 4) is 0 Å². The number of aryl methyl sites for hydroxylation is 1. The van der Waals surface area contributed by atoms with Crippen molar-refractivity contribution in [2.75, 3.05) is 18.1 Å². The molecule has 1 aliphatic heterocycles. The summed E-state index contributed by atoms with van der Waals surface area (Å²) in [7, 11) is 0. The van der Waals surface area contributed by atoms with E-state index in [1.54, 1.807) is 6.07 Å². The predicted molar refractivity (Wildman–Crippen MR) is 67.0 cm³/mol. The largest absolute Gasteiger partial charge is 0.313 e. The number of H-pyrrole nitrogens is 1. The van der Waals surface area contributed by atoms with Crippen LogP contribution in [0.2, 0.25) is 0 Å². The van der Waals surface area contributed by atoms with E-state index in [0.717, 1.165) is 18.7 Å². The van der Waals surface area contributed by atoms with Gasteiger partial charge in [-0.3, -0.25) is 4.79 Å². The number of aromatic nitrogens is 2. The van der Waals surface area contributed by atoms with Crippen LogP contribution in [-0.4, -0.2) is 34.1 Å². The number of hydrogen-bond acceptors (Lipinski definition) is 4. The lowest BCUT2D eigenvalue weighted by molar-refractivity contribution is 0.557. The Hall–Kier alpha value is -0.810. The van der Waals surface area contributed by atoms with Crippen molar-refractivity contribution in [2.24, 2.45) is 0 Å². The Kier molecular flexibility index (Phi) is 4.01. The normalized spacial score (nSPS) is 20.2. The van der Waals surface area contributed by atoms with Gasteiger partial charge in [0.2, 0.25) is 0 Å². The van der Waals surface area contributed by atoms with Crippen LogP contribution in [0.25, 0.3) is 0 Å². The van der Waals surface area contributed by atoms with Crippen LogP contribution in [0.4, 0.5) is 0 Å². The number of rotatable bonds is 4. The molecule has 0 spiro atoms. The van der Waals surface area contributed by atoms with Gasteiger partial charge in [-0.25, -0.2) is 4.98 Å². The molecule has 88 valence electrons. The minimum absolute atomic E-state index is 0.0566. The van der Waals surface area contributed by atoms with E-state index in [9.17, 15) is 4.79 Å². The van der Waals surface area contributed by atoms with Crippen molar-refractivity contribution in [1.82, 2.24) is 15.3 Å². The average Bonchev–Trinajstić information content (AvgIpc) is 2.69. The molecule has 16 heavy (non-hydrogen) atoms. The lowest BCUT2D eigenvalue weighted by atomic mass is 10.2. The summed E-state index contributed by atoms with van der Waals surface area (Å²) in [6.45, 7) is 2.72. The molecule has 0 bridgehead atoms. The summed E-state index contributed by atoms with van der Waals surface area (Å²) in [6, 6.07) is 2.23. The minimum Gasteiger partial charge on any atom is -0.313 e. The maximum absolute atomic E-state index is 11.2. The van der Waals surface area contributed by atoms with Crippen molar-refractivity contribution in [3.63, 3.8) is 0 Å². The number of thioether (sulfide) groups is 1. The number of aromatic amines is 1. The summed E-state index contributed by atoms with van der Waals surface area (Å²) >= 11 is 2.00. The molecule has 0 aliphatic carbocycles. The first-order valence-corrected chi connectivity index (χ1v) is 6.77. The van der Waals surface area contributed by atoms with E-state index in [1.807, 2.05) is 18.7 Å². The van der Waals surface area contributed by atoms with E-state index < -0.39 is 0 Å². The van der Waals surface area contributed by atoms with Crippen molar-refractivity contribution >= 4 is 11.8 Å². The molecule has 0 radical (unpaired) electrons. The number of hydrogen-bond donors (Lipinski definition) is 2. The SMILES string of the molecule is Cc1nc(CCNC2CCSC2)cc(=O)[nH]1. The summed E-state index contributed by atoms with van der Waals surface area (Å²) in [4.78, 5) is 18.2. The van der Waals surface area contributed by atoms with Gasteiger partial charge >= 0.3 is 0 Å². The molecule has 2 rings (SSSR count). The molecule has 2 N–H and O–H groups in total. The van der Waals surface area contributed by atoms with Crippen LogP contribution in [0.1, 0.15) is 17.9 Å². The van der Waals surface area contributed by atoms with Crippen LogP contribution in [0, 0.1) is 6.92 Å². The summed E-state index contributed by atoms with van der Waals surface area (Å²) in [5, 5.41) is 3.50. The van der Waals surface area contributed by atoms with E-state index in [-0.39, 0.29) is 5.56 Å². The zero-order valence-corrected chi connectivity index (χ0v) is 10.3. The minimum atomic E-state index is -0.0566. The molecular weight excluding hydrogens is 222 g/mol. The van der Waals surface area contributed by atoms with Gasteiger partial charge in [0, 0.05) is 36.5 Å². The van der Waals surface area contributed by atoms with E-state index in [2.05, 4.69) is 15.3 Å². The zero-order valence-electron chi connectivity index (χ0n) is 9.45. The molecule has 4 nitrogen and oxygen atoms in total. The van der Waals surface area contributed by atoms with Gasteiger partial charge in [0.15, 0.2) is 0 Å². The van der Waals surface area contributed by atoms with Gasteiger partial charge in [-0.1, -0.05) is 0 Å². The van der Waals surface area contributed by atoms with Crippen molar-refractivity contribution in [1.29, 1.82) is 0 Å². The molecule has 5 heteroatoms. The fourth-order valence-electron chi connectivity index (χ4n) is 1.87. The molecule has 1 saturated heterocycles. The molecule has 1 aromatic rings. The maximum atomic E-state index is 11.2. The van der Waals surface area contributed by atoms with Gasteiger partial charge in [-0.15, -0.1) is 0 Å². The molecule has 0 saturated carbocycles. The number of nitrogens with zero attached hydrogens (tertiary/aromatic N) is 1. The highest BCUT2D eigenvalue weighted by molar-refractivity contribution is 7.99. The van der Waals surface area contributed by atoms with Crippen LogP contribution in [-0.2, 0) is 6.42 Å². The quantitative estimate of drug-likeness (QED) is 0.812. The first-order chi connectivity index (χ1) is 7.74. The zero-order chi connectivity index (χ0) is 11.4. The standard InChI is InChI=1S/C11H17N3OS/c1-8-13-9(6-11(15)14-8)2-4-12-10-3-5-16-7-10/h6,10,12H,2-5,7H2,1H3,(H,13,14,15). The Balaban J connectivity index is 1.82. The summed E-state index contributed by atoms with van der Waals surface area (Å²) in [5.74, 6) is 3.17. The monoisotopic (exact) mass is 239 g/mol. The Bertz CT molecular complexity index is 398. The highest BCUT2D eigenvalue weighted by Crippen LogP contribution is 2.16. The summed E-state index contributed by atoms with van der Waals surface area (Å²) < 4.78 is 0. The van der Waals surface area contributed by atoms with Crippen molar-refractivity contribution in [3.05, 3.63) is 27.9 Å². The summed E-state index contributed by atoms with van der Waals surface area (Å²) in [5.41, 5.74) is 0.818. The smallest absolute Gasteiger partial charge is 0.251 e. The lowest BCUT2D eigenvalue weighted by Crippen LogP contribution is -2.30. The lowest BCUT2D eigenvalue weighted by Gasteiger charge is -2.10. The van der Waals surface area contributed by atoms with Gasteiger partial charge in [-0.2, -0.15) is 11.8 Å². The second kappa shape index (κ2) is 5.50. The fourth-order valence-corrected chi connectivity index (χ4v) is 3.06. The molecule has 1 fully saturated rings. The highest BCUT2D eigenvalue weighted by atomic mass is 32.2. The van der Waals surface area contributed by atoms with Gasteiger partial charge in [0.1, 0.15) is 5.82 Å². The fraction of sp³-hybridized carbons (Fsp3) is 0.636. The third-order valence-corrected chi connectivity index (χ3v) is 3.82. The molecule has 0 aromatic carbocycles. The average molecular weight is 239 g/mol. The third-order valence-electron chi connectivity index (χ3n) is 2.66. The Morgan fingerprint density at radius 2 is 2.56 bits per heavy atom. The van der Waals surface area contributed by atoms with Crippen LogP contribution >= 0.6 is 11.8 Å². The Morgan fingerprint density at radius 1 is 1.69 bits per heavy atom. The Labute approximate surface area is 99.3 Å². The molecule has 2 heterocycles. The predicted octanol–water partition coefficient (Wildman–Crippen LogP) is 0.716. The van der Waals surface area contributed by atoms with E-state index in [0.29, 0.717) is 11.9 Å². The second-order valence-corrected chi connectivity index (χ2v) is 5.24. The van der Waals surface area contributed by atoms with Crippen LogP contribution in [0.15, 0.2) is 10.9 Å². The van der Waals surface area contributed by atoms with E-state index >= 15 is 0 Å². The molecule has 1 aromatic heterocycles. The van der Waals surface area contributed by atoms with Crippen molar-refractivity contribution in [2.45, 2.75) is 25.8 Å². The van der Waals surface area contributed by atoms with E-state index in [4.69, 9.17) is 0 Å². The summed E-state index contributed by atoms with van der Waals surface area (Å²) in [6.07, 6.45) is 2.08. The number of nitrogens with one attached hydrogen (secondary N) is 2. The van der Waals surface area contributed by atoms with Crippen molar-refractivity contribution < 1.29 is 0 Å². The van der Waals surface area contributed by atoms with Crippen LogP contribution < -0.4 is 10.9 Å². The molecule has 1 atom stereocenters. The maximum Gasteiger partial charge on any atom is 0.251 e. The molecule has 1 aliphatic rings.